The van der Waals surface area contributed by atoms with Crippen molar-refractivity contribution in [2.75, 3.05) is 26.4 Å². The van der Waals surface area contributed by atoms with E-state index in [1.165, 1.54) is 19.4 Å². The number of carboxylic acid groups (broad SMARTS) is 1. The van der Waals surface area contributed by atoms with E-state index in [2.05, 4.69) is 66.8 Å². The zero-order valence-electron chi connectivity index (χ0n) is 30.2. The smallest absolute Gasteiger partial charge is 0.307 e. The van der Waals surface area contributed by atoms with E-state index in [1.807, 2.05) is 0 Å². The molecule has 1 heterocycles. The number of esters is 1. The summed E-state index contributed by atoms with van der Waals surface area (Å²) < 4.78 is 19.4. The molecule has 4 aliphatic carbocycles. The second kappa shape index (κ2) is 12.2. The van der Waals surface area contributed by atoms with Crippen LogP contribution in [0.2, 0.25) is 0 Å². The van der Waals surface area contributed by atoms with Crippen molar-refractivity contribution in [1.29, 1.82) is 0 Å². The molecule has 1 unspecified atom stereocenters. The number of fused-ring (bicyclic) bond motifs is 3. The Balaban J connectivity index is 1.53. The molecule has 8 heteroatoms. The predicted molar refractivity (Wildman–Crippen MR) is 177 cm³/mol. The van der Waals surface area contributed by atoms with Crippen LogP contribution in [0.3, 0.4) is 0 Å². The van der Waals surface area contributed by atoms with Crippen LogP contribution in [-0.4, -0.2) is 61.5 Å². The van der Waals surface area contributed by atoms with Gasteiger partial charge in [0.2, 0.25) is 5.91 Å². The topological polar surface area (TPSA) is 111 Å². The van der Waals surface area contributed by atoms with Crippen LogP contribution in [0.5, 0.6) is 0 Å². The molecule has 4 fully saturated rings. The number of carbonyl (C=O) groups is 3. The molecular formula is C38H61NO7. The van der Waals surface area contributed by atoms with Crippen LogP contribution in [0, 0.1) is 62.6 Å². The Kier molecular flexibility index (Phi) is 9.38. The quantitative estimate of drug-likeness (QED) is 0.213. The lowest BCUT2D eigenvalue weighted by atomic mass is 9.34. The van der Waals surface area contributed by atoms with E-state index in [0.29, 0.717) is 50.5 Å². The number of amides is 1. The first-order valence-electron chi connectivity index (χ1n) is 17.9. The summed E-state index contributed by atoms with van der Waals surface area (Å²) in [6.45, 7) is 23.1. The first-order valence-corrected chi connectivity index (χ1v) is 17.9. The number of carbonyl (C=O) groups excluding carboxylic acids is 2. The summed E-state index contributed by atoms with van der Waals surface area (Å²) in [7, 11) is 0. The van der Waals surface area contributed by atoms with Crippen LogP contribution in [-0.2, 0) is 28.6 Å². The minimum atomic E-state index is -0.652. The molecule has 5 aliphatic rings. The molecule has 0 spiro atoms. The van der Waals surface area contributed by atoms with Gasteiger partial charge in [0, 0.05) is 31.2 Å². The summed E-state index contributed by atoms with van der Waals surface area (Å²) in [6.07, 6.45) is 7.03. The van der Waals surface area contributed by atoms with Gasteiger partial charge in [-0.15, -0.1) is 0 Å². The molecule has 46 heavy (non-hydrogen) atoms. The number of aliphatic carboxylic acids is 1. The van der Waals surface area contributed by atoms with E-state index in [1.54, 1.807) is 0 Å². The van der Waals surface area contributed by atoms with Gasteiger partial charge in [-0.05, 0) is 84.4 Å². The second-order valence-corrected chi connectivity index (χ2v) is 17.5. The maximum Gasteiger partial charge on any atom is 0.307 e. The van der Waals surface area contributed by atoms with Crippen LogP contribution in [0.25, 0.3) is 0 Å². The average molecular weight is 644 g/mol. The van der Waals surface area contributed by atoms with Crippen molar-refractivity contribution in [2.45, 2.75) is 120 Å². The monoisotopic (exact) mass is 643 g/mol. The maximum atomic E-state index is 13.3. The Labute approximate surface area is 277 Å². The summed E-state index contributed by atoms with van der Waals surface area (Å²) in [5.74, 6) is -0.0910. The van der Waals surface area contributed by atoms with Crippen LogP contribution in [0.1, 0.15) is 108 Å². The van der Waals surface area contributed by atoms with Crippen molar-refractivity contribution in [3.63, 3.8) is 0 Å². The molecule has 1 aliphatic heterocycles. The van der Waals surface area contributed by atoms with Gasteiger partial charge < -0.3 is 24.6 Å². The first kappa shape index (κ1) is 35.4. The van der Waals surface area contributed by atoms with Gasteiger partial charge in [0.1, 0.15) is 12.2 Å². The molecule has 0 aromatic carbocycles. The third kappa shape index (κ3) is 5.27. The minimum absolute atomic E-state index is 0.0613. The van der Waals surface area contributed by atoms with Crippen molar-refractivity contribution < 1.29 is 33.7 Å². The molecule has 12 atom stereocenters. The summed E-state index contributed by atoms with van der Waals surface area (Å²) in [6, 6.07) is 0. The number of rotatable bonds is 9. The Morgan fingerprint density at radius 2 is 1.72 bits per heavy atom. The summed E-state index contributed by atoms with van der Waals surface area (Å²) >= 11 is 0. The molecule has 8 nitrogen and oxygen atoms in total. The second-order valence-electron chi connectivity index (χ2n) is 17.5. The Morgan fingerprint density at radius 3 is 2.33 bits per heavy atom. The van der Waals surface area contributed by atoms with E-state index < -0.39 is 18.0 Å². The highest BCUT2D eigenvalue weighted by Gasteiger charge is 2.72. The predicted octanol–water partition coefficient (Wildman–Crippen LogP) is 6.66. The van der Waals surface area contributed by atoms with Crippen LogP contribution in [0.15, 0.2) is 11.6 Å². The molecule has 1 amide bonds. The SMILES string of the molecule is CC(=O)NCC(C)CO[C@H]1[C@H](OC(C)=O)C[C@@]23COC[C@@]1(C)[C@@H]2CC[C@H]1C3=CC[C@@]2(C)[C@H](C(=O)O)[C@@](C)([C@H](C)C(C)C)CC[C@]12C. The average Bonchev–Trinajstić information content (AvgIpc) is 2.95. The van der Waals surface area contributed by atoms with E-state index in [0.717, 1.165) is 32.1 Å². The van der Waals surface area contributed by atoms with Crippen molar-refractivity contribution in [3.05, 3.63) is 11.6 Å². The molecule has 2 bridgehead atoms. The van der Waals surface area contributed by atoms with E-state index in [9.17, 15) is 19.5 Å². The molecule has 260 valence electrons. The molecule has 3 saturated carbocycles. The van der Waals surface area contributed by atoms with E-state index >= 15 is 0 Å². The normalized spacial score (nSPS) is 44.5. The van der Waals surface area contributed by atoms with Gasteiger partial charge in [0.25, 0.3) is 0 Å². The fourth-order valence-corrected chi connectivity index (χ4v) is 11.8. The molecule has 5 rings (SSSR count). The Bertz CT molecular complexity index is 1250. The highest BCUT2D eigenvalue weighted by atomic mass is 16.6. The highest BCUT2D eigenvalue weighted by Crippen LogP contribution is 2.75. The molecule has 1 saturated heterocycles. The summed E-state index contributed by atoms with van der Waals surface area (Å²) in [4.78, 5) is 37.4. The van der Waals surface area contributed by atoms with Crippen molar-refractivity contribution in [3.8, 4) is 0 Å². The molecule has 0 aromatic heterocycles. The maximum absolute atomic E-state index is 13.3. The molecule has 0 radical (unpaired) electrons. The summed E-state index contributed by atoms with van der Waals surface area (Å²) in [5.41, 5.74) is -0.0623. The zero-order valence-corrected chi connectivity index (χ0v) is 30.2. The highest BCUT2D eigenvalue weighted by molar-refractivity contribution is 5.73. The van der Waals surface area contributed by atoms with Crippen molar-refractivity contribution in [1.82, 2.24) is 5.32 Å². The minimum Gasteiger partial charge on any atom is -0.481 e. The first-order chi connectivity index (χ1) is 21.4. The van der Waals surface area contributed by atoms with Gasteiger partial charge in [0.05, 0.1) is 25.7 Å². The van der Waals surface area contributed by atoms with Gasteiger partial charge in [-0.2, -0.15) is 0 Å². The fourth-order valence-electron chi connectivity index (χ4n) is 11.8. The number of ether oxygens (including phenoxy) is 3. The summed E-state index contributed by atoms with van der Waals surface area (Å²) in [5, 5.41) is 13.8. The zero-order chi connectivity index (χ0) is 34.0. The fraction of sp³-hybridized carbons (Fsp3) is 0.868. The molecular weight excluding hydrogens is 582 g/mol. The molecule has 2 N–H and O–H groups in total. The van der Waals surface area contributed by atoms with Crippen LogP contribution in [0.4, 0.5) is 0 Å². The van der Waals surface area contributed by atoms with Crippen molar-refractivity contribution in [2.24, 2.45) is 62.6 Å². The van der Waals surface area contributed by atoms with Gasteiger partial charge in [-0.25, -0.2) is 0 Å². The van der Waals surface area contributed by atoms with E-state index in [-0.39, 0.29) is 56.9 Å². The number of hydrogen-bond acceptors (Lipinski definition) is 6. The van der Waals surface area contributed by atoms with Gasteiger partial charge in [-0.1, -0.05) is 67.0 Å². The number of carboxylic acids is 1. The van der Waals surface area contributed by atoms with E-state index in [4.69, 9.17) is 14.2 Å². The number of hydrogen-bond donors (Lipinski definition) is 2. The van der Waals surface area contributed by atoms with Gasteiger partial charge in [0.15, 0.2) is 0 Å². The standard InChI is InChI=1S/C38H61NO7/c1-22(2)24(4)34(7)15-16-36(9)27-11-12-30-35(8)20-44-21-38(30,28(27)13-14-37(36,10)31(34)33(42)43)17-29(46-26(6)41)32(35)45-19-23(3)18-39-25(5)40/h13,22-24,27,29-32H,11-12,14-21H2,1-10H3,(H,39,40)(H,42,43)/t23?,24-,27+,29-,30+,31-,32+,34-,35+,36-,37+,38+/m1/s1. The lowest BCUT2D eigenvalue weighted by Crippen LogP contribution is -2.70. The largest absolute Gasteiger partial charge is 0.481 e. The number of allylic oxidation sites excluding steroid dienone is 1. The van der Waals surface area contributed by atoms with Crippen LogP contribution < -0.4 is 5.32 Å². The Hall–Kier alpha value is -1.93. The lowest BCUT2D eigenvalue weighted by Gasteiger charge is -2.71. The third-order valence-corrected chi connectivity index (χ3v) is 14.6. The van der Waals surface area contributed by atoms with Gasteiger partial charge >= 0.3 is 11.9 Å². The Morgan fingerprint density at radius 1 is 1.02 bits per heavy atom. The lowest BCUT2D eigenvalue weighted by molar-refractivity contribution is -0.268. The van der Waals surface area contributed by atoms with Crippen LogP contribution >= 0.6 is 0 Å². The number of nitrogens with one attached hydrogen (secondary N) is 1. The molecule has 0 aromatic rings. The van der Waals surface area contributed by atoms with Crippen molar-refractivity contribution >= 4 is 17.8 Å². The third-order valence-electron chi connectivity index (χ3n) is 14.6. The van der Waals surface area contributed by atoms with Gasteiger partial charge in [-0.3, -0.25) is 14.4 Å².